The summed E-state index contributed by atoms with van der Waals surface area (Å²) in [5.74, 6) is 0.379. The minimum absolute atomic E-state index is 0.296. The van der Waals surface area contributed by atoms with Crippen LogP contribution in [-0.2, 0) is 0 Å². The molecule has 1 aromatic carbocycles. The van der Waals surface area contributed by atoms with Gasteiger partial charge in [0.25, 0.3) is 5.89 Å². The number of rotatable bonds is 2. The van der Waals surface area contributed by atoms with Gasteiger partial charge in [0.2, 0.25) is 0 Å². The fraction of sp³-hybridized carbons (Fsp3) is 0.273. The zero-order valence-corrected chi connectivity index (χ0v) is 9.07. The molecule has 0 aliphatic rings. The molecule has 2 aromatic rings. The van der Waals surface area contributed by atoms with Crippen molar-refractivity contribution in [2.45, 2.75) is 19.9 Å². The van der Waals surface area contributed by atoms with Gasteiger partial charge in [-0.1, -0.05) is 11.2 Å². The van der Waals surface area contributed by atoms with Gasteiger partial charge in [0.05, 0.1) is 6.04 Å². The highest BCUT2D eigenvalue weighted by Crippen LogP contribution is 2.23. The van der Waals surface area contributed by atoms with Crippen molar-refractivity contribution in [2.75, 3.05) is 0 Å². The lowest BCUT2D eigenvalue weighted by Gasteiger charge is -1.99. The summed E-state index contributed by atoms with van der Waals surface area (Å²) < 4.78 is 18.1. The number of hydrogen-bond acceptors (Lipinski definition) is 4. The van der Waals surface area contributed by atoms with Crippen LogP contribution in [0.25, 0.3) is 11.5 Å². The molecule has 0 saturated heterocycles. The molecule has 0 spiro atoms. The van der Waals surface area contributed by atoms with Gasteiger partial charge in [0.15, 0.2) is 5.82 Å². The molecule has 1 unspecified atom stereocenters. The summed E-state index contributed by atoms with van der Waals surface area (Å²) in [6, 6.07) is 4.13. The molecule has 0 saturated carbocycles. The van der Waals surface area contributed by atoms with Crippen molar-refractivity contribution in [2.24, 2.45) is 5.73 Å². The maximum Gasteiger partial charge on any atom is 0.258 e. The fourth-order valence-electron chi connectivity index (χ4n) is 1.35. The highest BCUT2D eigenvalue weighted by atomic mass is 19.1. The first-order valence-electron chi connectivity index (χ1n) is 4.93. The van der Waals surface area contributed by atoms with Crippen molar-refractivity contribution < 1.29 is 8.91 Å². The van der Waals surface area contributed by atoms with E-state index in [1.54, 1.807) is 13.0 Å². The molecule has 1 heterocycles. The number of aryl methyl sites for hydroxylation is 1. The first-order chi connectivity index (χ1) is 7.58. The third-order valence-electron chi connectivity index (χ3n) is 2.28. The van der Waals surface area contributed by atoms with Crippen molar-refractivity contribution in [1.82, 2.24) is 10.1 Å². The van der Waals surface area contributed by atoms with Gasteiger partial charge in [0, 0.05) is 5.56 Å². The topological polar surface area (TPSA) is 64.9 Å². The molecule has 0 radical (unpaired) electrons. The molecular weight excluding hydrogens is 209 g/mol. The van der Waals surface area contributed by atoms with E-state index in [1.165, 1.54) is 12.1 Å². The lowest BCUT2D eigenvalue weighted by Crippen LogP contribution is -2.06. The van der Waals surface area contributed by atoms with E-state index in [1.807, 2.05) is 6.92 Å². The summed E-state index contributed by atoms with van der Waals surface area (Å²) in [7, 11) is 0. The molecule has 0 amide bonds. The summed E-state index contributed by atoms with van der Waals surface area (Å²) in [4.78, 5) is 4.11. The SMILES string of the molecule is Cc1ccc(F)cc1-c1nc(C(C)N)no1. The number of hydrogen-bond donors (Lipinski definition) is 1. The molecule has 5 heteroatoms. The quantitative estimate of drug-likeness (QED) is 0.844. The largest absolute Gasteiger partial charge is 0.334 e. The molecule has 0 fully saturated rings. The summed E-state index contributed by atoms with van der Waals surface area (Å²) in [6.45, 7) is 3.61. The molecule has 2 rings (SSSR count). The second-order valence-electron chi connectivity index (χ2n) is 3.71. The number of nitrogens with zero attached hydrogens (tertiary/aromatic N) is 2. The standard InChI is InChI=1S/C11H12FN3O/c1-6-3-4-8(12)5-9(6)11-14-10(7(2)13)15-16-11/h3-5,7H,13H2,1-2H3. The lowest BCUT2D eigenvalue weighted by atomic mass is 10.1. The van der Waals surface area contributed by atoms with E-state index in [9.17, 15) is 4.39 Å². The molecule has 0 aliphatic heterocycles. The maximum atomic E-state index is 13.1. The van der Waals surface area contributed by atoms with Crippen LogP contribution in [0.4, 0.5) is 4.39 Å². The number of halogens is 1. The van der Waals surface area contributed by atoms with Crippen LogP contribution in [0.1, 0.15) is 24.4 Å². The highest BCUT2D eigenvalue weighted by molar-refractivity contribution is 5.58. The van der Waals surface area contributed by atoms with Crippen molar-refractivity contribution in [3.05, 3.63) is 35.4 Å². The third-order valence-corrected chi connectivity index (χ3v) is 2.28. The maximum absolute atomic E-state index is 13.1. The van der Waals surface area contributed by atoms with Gasteiger partial charge in [0.1, 0.15) is 5.82 Å². The van der Waals surface area contributed by atoms with Gasteiger partial charge in [-0.3, -0.25) is 0 Å². The third kappa shape index (κ3) is 1.94. The van der Waals surface area contributed by atoms with E-state index in [0.717, 1.165) is 5.56 Å². The first kappa shape index (κ1) is 10.8. The van der Waals surface area contributed by atoms with Gasteiger partial charge in [-0.2, -0.15) is 4.98 Å². The van der Waals surface area contributed by atoms with E-state index in [2.05, 4.69) is 10.1 Å². The van der Waals surface area contributed by atoms with Crippen molar-refractivity contribution in [3.8, 4) is 11.5 Å². The van der Waals surface area contributed by atoms with Crippen LogP contribution in [0.5, 0.6) is 0 Å². The second-order valence-corrected chi connectivity index (χ2v) is 3.71. The van der Waals surface area contributed by atoms with Crippen LogP contribution in [0, 0.1) is 12.7 Å². The predicted octanol–water partition coefficient (Wildman–Crippen LogP) is 2.20. The molecule has 0 bridgehead atoms. The van der Waals surface area contributed by atoms with Crippen LogP contribution in [0.3, 0.4) is 0 Å². The number of aromatic nitrogens is 2. The molecule has 16 heavy (non-hydrogen) atoms. The van der Waals surface area contributed by atoms with E-state index >= 15 is 0 Å². The second kappa shape index (κ2) is 4.02. The van der Waals surface area contributed by atoms with Crippen molar-refractivity contribution in [1.29, 1.82) is 0 Å². The molecule has 84 valence electrons. The summed E-state index contributed by atoms with van der Waals surface area (Å²) in [6.07, 6.45) is 0. The van der Waals surface area contributed by atoms with Crippen LogP contribution in [-0.4, -0.2) is 10.1 Å². The van der Waals surface area contributed by atoms with E-state index in [4.69, 9.17) is 10.3 Å². The molecular formula is C11H12FN3O. The Morgan fingerprint density at radius 1 is 1.44 bits per heavy atom. The van der Waals surface area contributed by atoms with Gasteiger partial charge in [-0.25, -0.2) is 4.39 Å². The summed E-state index contributed by atoms with van der Waals surface area (Å²) in [5.41, 5.74) is 7.09. The Labute approximate surface area is 92.3 Å². The normalized spacial score (nSPS) is 12.8. The Hall–Kier alpha value is -1.75. The Morgan fingerprint density at radius 2 is 2.19 bits per heavy atom. The Kier molecular flexibility index (Phi) is 2.70. The molecule has 2 N–H and O–H groups in total. The van der Waals surface area contributed by atoms with Crippen molar-refractivity contribution in [3.63, 3.8) is 0 Å². The number of benzene rings is 1. The zero-order valence-electron chi connectivity index (χ0n) is 9.07. The monoisotopic (exact) mass is 221 g/mol. The summed E-state index contributed by atoms with van der Waals surface area (Å²) >= 11 is 0. The van der Waals surface area contributed by atoms with E-state index in [0.29, 0.717) is 17.3 Å². The Morgan fingerprint density at radius 3 is 2.81 bits per heavy atom. The molecule has 0 aliphatic carbocycles. The fourth-order valence-corrected chi connectivity index (χ4v) is 1.35. The average molecular weight is 221 g/mol. The first-order valence-corrected chi connectivity index (χ1v) is 4.93. The zero-order chi connectivity index (χ0) is 11.7. The minimum Gasteiger partial charge on any atom is -0.334 e. The lowest BCUT2D eigenvalue weighted by molar-refractivity contribution is 0.418. The van der Waals surface area contributed by atoms with Crippen LogP contribution in [0.15, 0.2) is 22.7 Å². The Balaban J connectivity index is 2.46. The molecule has 1 atom stereocenters. The average Bonchev–Trinajstić information content (AvgIpc) is 2.70. The summed E-state index contributed by atoms with van der Waals surface area (Å²) in [5, 5.41) is 3.73. The van der Waals surface area contributed by atoms with Gasteiger partial charge < -0.3 is 10.3 Å². The Bertz CT molecular complexity index is 508. The number of nitrogens with two attached hydrogens (primary N) is 1. The smallest absolute Gasteiger partial charge is 0.258 e. The van der Waals surface area contributed by atoms with Crippen LogP contribution in [0.2, 0.25) is 0 Å². The van der Waals surface area contributed by atoms with Gasteiger partial charge in [-0.15, -0.1) is 0 Å². The van der Waals surface area contributed by atoms with E-state index in [-0.39, 0.29) is 11.9 Å². The highest BCUT2D eigenvalue weighted by Gasteiger charge is 2.13. The predicted molar refractivity (Wildman–Crippen MR) is 57.0 cm³/mol. The van der Waals surface area contributed by atoms with E-state index < -0.39 is 0 Å². The van der Waals surface area contributed by atoms with Gasteiger partial charge in [-0.05, 0) is 31.5 Å². The van der Waals surface area contributed by atoms with Crippen LogP contribution >= 0.6 is 0 Å². The molecule has 1 aromatic heterocycles. The molecule has 4 nitrogen and oxygen atoms in total. The van der Waals surface area contributed by atoms with Gasteiger partial charge >= 0.3 is 0 Å². The van der Waals surface area contributed by atoms with Crippen LogP contribution < -0.4 is 5.73 Å². The van der Waals surface area contributed by atoms with Crippen molar-refractivity contribution >= 4 is 0 Å². The minimum atomic E-state index is -0.332.